The summed E-state index contributed by atoms with van der Waals surface area (Å²) >= 11 is 0. The van der Waals surface area contributed by atoms with Crippen LogP contribution in [0.1, 0.15) is 66.7 Å². The summed E-state index contributed by atoms with van der Waals surface area (Å²) in [4.78, 5) is 11.7. The largest absolute Gasteiger partial charge is 0.357 e. The SMILES string of the molecule is C=C(C)c1cc(CC)ccc1CC.C=C1NC(=C)[C@](CC)(c2ccc(C(=O)PC)cc2)N1. The van der Waals surface area contributed by atoms with E-state index in [1.54, 1.807) is 0 Å². The van der Waals surface area contributed by atoms with Crippen molar-refractivity contribution in [2.75, 3.05) is 6.66 Å². The lowest BCUT2D eigenvalue weighted by Gasteiger charge is -2.29. The standard InChI is InChI=1S/C15H19N2OP.C13H18/c1-5-15(10(2)16-11(3)17-15)13-8-6-12(7-9-13)14(18)19-4;1-5-11-7-8-12(6-2)13(9-11)10(3)4/h6-9,16-17,19H,2-3,5H2,1,4H3;7-9H,3,5-6H2,1-2,4H3/t15-;/m1./s1. The maximum Gasteiger partial charge on any atom is 0.180 e. The van der Waals surface area contributed by atoms with Crippen molar-refractivity contribution in [2.45, 2.75) is 52.5 Å². The number of hydrogen-bond donors (Lipinski definition) is 2. The molecule has 1 fully saturated rings. The summed E-state index contributed by atoms with van der Waals surface area (Å²) in [7, 11) is 0.298. The third-order valence-corrected chi connectivity index (χ3v) is 6.74. The van der Waals surface area contributed by atoms with Crippen LogP contribution in [-0.4, -0.2) is 12.2 Å². The molecule has 0 bridgehead atoms. The molecule has 2 aromatic carbocycles. The Kier molecular flexibility index (Phi) is 9.04. The van der Waals surface area contributed by atoms with Gasteiger partial charge in [-0.15, -0.1) is 0 Å². The van der Waals surface area contributed by atoms with Crippen molar-refractivity contribution in [2.24, 2.45) is 0 Å². The fourth-order valence-corrected chi connectivity index (χ4v) is 4.46. The molecule has 2 N–H and O–H groups in total. The topological polar surface area (TPSA) is 41.1 Å². The smallest absolute Gasteiger partial charge is 0.180 e. The Balaban J connectivity index is 0.000000244. The molecular weight excluding hydrogens is 411 g/mol. The van der Waals surface area contributed by atoms with Gasteiger partial charge in [-0.2, -0.15) is 0 Å². The normalized spacial score (nSPS) is 17.5. The monoisotopic (exact) mass is 448 g/mol. The van der Waals surface area contributed by atoms with E-state index in [1.807, 2.05) is 30.9 Å². The Hall–Kier alpha value is -2.64. The summed E-state index contributed by atoms with van der Waals surface area (Å²) in [5, 5.41) is 6.50. The minimum atomic E-state index is -0.326. The third kappa shape index (κ3) is 5.58. The van der Waals surface area contributed by atoms with E-state index in [0.29, 0.717) is 8.58 Å². The first-order valence-electron chi connectivity index (χ1n) is 11.3. The average molecular weight is 449 g/mol. The third-order valence-electron chi connectivity index (χ3n) is 6.00. The quantitative estimate of drug-likeness (QED) is 0.460. The Morgan fingerprint density at radius 1 is 1.03 bits per heavy atom. The zero-order chi connectivity index (χ0) is 23.9. The van der Waals surface area contributed by atoms with Crippen molar-refractivity contribution >= 4 is 19.7 Å². The number of nitrogens with one attached hydrogen (secondary N) is 2. The molecule has 0 amide bonds. The molecule has 0 radical (unpaired) electrons. The van der Waals surface area contributed by atoms with Gasteiger partial charge in [-0.1, -0.05) is 88.5 Å². The van der Waals surface area contributed by atoms with Crippen LogP contribution in [0.4, 0.5) is 0 Å². The Bertz CT molecular complexity index is 1010. The maximum absolute atomic E-state index is 11.7. The molecule has 0 aliphatic carbocycles. The van der Waals surface area contributed by atoms with Crippen LogP contribution in [0.15, 0.2) is 73.7 Å². The fraction of sp³-hybridized carbons (Fsp3) is 0.321. The number of aryl methyl sites for hydroxylation is 2. The van der Waals surface area contributed by atoms with Crippen molar-refractivity contribution in [1.82, 2.24) is 10.6 Å². The summed E-state index contributed by atoms with van der Waals surface area (Å²) < 4.78 is 0. The van der Waals surface area contributed by atoms with E-state index < -0.39 is 0 Å². The van der Waals surface area contributed by atoms with E-state index in [-0.39, 0.29) is 11.1 Å². The van der Waals surface area contributed by atoms with E-state index in [2.05, 4.69) is 76.3 Å². The van der Waals surface area contributed by atoms with Gasteiger partial charge in [0.1, 0.15) is 5.54 Å². The highest BCUT2D eigenvalue weighted by Crippen LogP contribution is 2.36. The van der Waals surface area contributed by atoms with Crippen LogP contribution in [0.25, 0.3) is 5.57 Å². The molecular formula is C28H37N2OP. The zero-order valence-corrected chi connectivity index (χ0v) is 21.2. The van der Waals surface area contributed by atoms with Gasteiger partial charge in [0.25, 0.3) is 0 Å². The Morgan fingerprint density at radius 2 is 1.69 bits per heavy atom. The molecule has 3 rings (SSSR count). The molecule has 1 unspecified atom stereocenters. The van der Waals surface area contributed by atoms with Crippen LogP contribution in [0.2, 0.25) is 0 Å². The van der Waals surface area contributed by atoms with E-state index >= 15 is 0 Å². The fourth-order valence-electron chi connectivity index (χ4n) is 4.00. The second-order valence-electron chi connectivity index (χ2n) is 8.10. The van der Waals surface area contributed by atoms with E-state index in [0.717, 1.165) is 41.9 Å². The molecule has 0 spiro atoms. The van der Waals surface area contributed by atoms with Crippen molar-refractivity contribution in [3.8, 4) is 0 Å². The molecule has 1 aliphatic heterocycles. The minimum Gasteiger partial charge on any atom is -0.357 e. The molecule has 32 heavy (non-hydrogen) atoms. The molecule has 170 valence electrons. The van der Waals surface area contributed by atoms with E-state index in [1.165, 1.54) is 22.3 Å². The zero-order valence-electron chi connectivity index (χ0n) is 20.2. The lowest BCUT2D eigenvalue weighted by Crippen LogP contribution is -2.36. The van der Waals surface area contributed by atoms with Gasteiger partial charge in [0.15, 0.2) is 5.52 Å². The van der Waals surface area contributed by atoms with Crippen molar-refractivity contribution in [3.63, 3.8) is 0 Å². The number of carbonyl (C=O) groups excluding carboxylic acids is 1. The second-order valence-corrected chi connectivity index (χ2v) is 9.06. The number of rotatable bonds is 7. The van der Waals surface area contributed by atoms with Gasteiger partial charge < -0.3 is 10.6 Å². The maximum atomic E-state index is 11.7. The molecule has 0 aromatic heterocycles. The lowest BCUT2D eigenvalue weighted by atomic mass is 9.85. The average Bonchev–Trinajstić information content (AvgIpc) is 3.12. The number of carbonyl (C=O) groups is 1. The summed E-state index contributed by atoms with van der Waals surface area (Å²) in [5.74, 6) is 0.766. The Labute approximate surface area is 195 Å². The van der Waals surface area contributed by atoms with Gasteiger partial charge in [0.2, 0.25) is 0 Å². The molecule has 2 atom stereocenters. The van der Waals surface area contributed by atoms with E-state index in [4.69, 9.17) is 0 Å². The number of allylic oxidation sites excluding steroid dienone is 1. The summed E-state index contributed by atoms with van der Waals surface area (Å²) in [6.07, 6.45) is 3.05. The summed E-state index contributed by atoms with van der Waals surface area (Å²) in [6.45, 7) is 22.4. The van der Waals surface area contributed by atoms with E-state index in [9.17, 15) is 4.79 Å². The predicted molar refractivity (Wildman–Crippen MR) is 141 cm³/mol. The highest BCUT2D eigenvalue weighted by atomic mass is 31.1. The van der Waals surface area contributed by atoms with Gasteiger partial charge in [0, 0.05) is 11.3 Å². The first kappa shape index (κ1) is 25.6. The molecule has 4 heteroatoms. The van der Waals surface area contributed by atoms with Gasteiger partial charge in [0.05, 0.1) is 5.82 Å². The molecule has 2 aromatic rings. The van der Waals surface area contributed by atoms with Gasteiger partial charge in [-0.05, 0) is 63.7 Å². The van der Waals surface area contributed by atoms with Crippen LogP contribution in [0.3, 0.4) is 0 Å². The Morgan fingerprint density at radius 3 is 2.12 bits per heavy atom. The summed E-state index contributed by atoms with van der Waals surface area (Å²) in [5.41, 5.74) is 7.95. The van der Waals surface area contributed by atoms with Crippen LogP contribution >= 0.6 is 8.58 Å². The minimum absolute atomic E-state index is 0.192. The van der Waals surface area contributed by atoms with Crippen LogP contribution in [0.5, 0.6) is 0 Å². The first-order chi connectivity index (χ1) is 15.2. The van der Waals surface area contributed by atoms with Crippen molar-refractivity contribution in [3.05, 3.63) is 102 Å². The van der Waals surface area contributed by atoms with Crippen LogP contribution in [-0.2, 0) is 18.4 Å². The van der Waals surface area contributed by atoms with Crippen LogP contribution < -0.4 is 10.6 Å². The van der Waals surface area contributed by atoms with Gasteiger partial charge in [-0.25, -0.2) is 0 Å². The molecule has 1 heterocycles. The molecule has 3 nitrogen and oxygen atoms in total. The molecule has 1 saturated heterocycles. The second kappa shape index (κ2) is 11.3. The van der Waals surface area contributed by atoms with Crippen molar-refractivity contribution in [1.29, 1.82) is 0 Å². The van der Waals surface area contributed by atoms with Gasteiger partial charge in [-0.3, -0.25) is 4.79 Å². The highest BCUT2D eigenvalue weighted by molar-refractivity contribution is 7.58. The highest BCUT2D eigenvalue weighted by Gasteiger charge is 2.38. The summed E-state index contributed by atoms with van der Waals surface area (Å²) in [6, 6.07) is 14.5. The van der Waals surface area contributed by atoms with Gasteiger partial charge >= 0.3 is 0 Å². The lowest BCUT2D eigenvalue weighted by molar-refractivity contribution is 0.108. The molecule has 1 aliphatic rings. The number of benzene rings is 2. The predicted octanol–water partition coefficient (Wildman–Crippen LogP) is 6.76. The number of hydrogen-bond acceptors (Lipinski definition) is 3. The first-order valence-corrected chi connectivity index (χ1v) is 12.8. The molecule has 0 saturated carbocycles. The van der Waals surface area contributed by atoms with Crippen LogP contribution in [0, 0.1) is 0 Å². The van der Waals surface area contributed by atoms with Crippen molar-refractivity contribution < 1.29 is 4.79 Å².